The Bertz CT molecular complexity index is 507. The Labute approximate surface area is 110 Å². The molecule has 0 aromatic carbocycles. The molecule has 106 valence electrons. The van der Waals surface area contributed by atoms with Crippen molar-refractivity contribution >= 4 is 6.29 Å². The van der Waals surface area contributed by atoms with E-state index in [-0.39, 0.29) is 12.3 Å². The van der Waals surface area contributed by atoms with Crippen LogP contribution < -0.4 is 11.2 Å². The van der Waals surface area contributed by atoms with Crippen LogP contribution >= 0.6 is 0 Å². The maximum absolute atomic E-state index is 11.4. The summed E-state index contributed by atoms with van der Waals surface area (Å²) in [4.78, 5) is 34.8. The number of aromatic nitrogens is 2. The maximum atomic E-state index is 11.4. The van der Waals surface area contributed by atoms with Gasteiger partial charge in [-0.15, -0.1) is 0 Å². The Morgan fingerprint density at radius 1 is 1.47 bits per heavy atom. The molecule has 7 heteroatoms. The molecule has 0 spiro atoms. The number of nitrogens with zero attached hydrogens (tertiary/aromatic N) is 1. The number of aromatic amines is 1. The monoisotopic (exact) mass is 270 g/mol. The van der Waals surface area contributed by atoms with Gasteiger partial charge >= 0.3 is 5.69 Å². The average Bonchev–Trinajstić information content (AvgIpc) is 2.79. The Morgan fingerprint density at radius 3 is 2.74 bits per heavy atom. The van der Waals surface area contributed by atoms with Gasteiger partial charge in [-0.3, -0.25) is 14.3 Å². The second-order valence-corrected chi connectivity index (χ2v) is 4.12. The van der Waals surface area contributed by atoms with Crippen LogP contribution in [0.15, 0.2) is 21.9 Å². The summed E-state index contributed by atoms with van der Waals surface area (Å²) in [6.07, 6.45) is 3.47. The largest absolute Gasteiger partial charge is 0.388 e. The minimum atomic E-state index is -0.482. The van der Waals surface area contributed by atoms with Crippen LogP contribution in [0.1, 0.15) is 25.5 Å². The van der Waals surface area contributed by atoms with E-state index in [0.717, 1.165) is 12.7 Å². The van der Waals surface area contributed by atoms with E-state index in [4.69, 9.17) is 4.74 Å². The van der Waals surface area contributed by atoms with E-state index in [9.17, 15) is 14.4 Å². The van der Waals surface area contributed by atoms with E-state index in [2.05, 4.69) is 9.72 Å². The number of carbonyl (C=O) groups is 1. The maximum Gasteiger partial charge on any atom is 0.330 e. The van der Waals surface area contributed by atoms with E-state index in [0.29, 0.717) is 12.8 Å². The smallest absolute Gasteiger partial charge is 0.330 e. The minimum Gasteiger partial charge on any atom is -0.388 e. The fourth-order valence-corrected chi connectivity index (χ4v) is 1.83. The van der Waals surface area contributed by atoms with Gasteiger partial charge in [0.05, 0.1) is 6.10 Å². The molecule has 0 radical (unpaired) electrons. The number of methoxy groups -OCH3 is 1. The van der Waals surface area contributed by atoms with E-state index >= 15 is 0 Å². The Balaban J connectivity index is 0.000000550. The lowest BCUT2D eigenvalue weighted by atomic mass is 10.2. The van der Waals surface area contributed by atoms with Gasteiger partial charge in [0, 0.05) is 32.9 Å². The van der Waals surface area contributed by atoms with Crippen LogP contribution in [-0.4, -0.2) is 36.2 Å². The molecule has 19 heavy (non-hydrogen) atoms. The first kappa shape index (κ1) is 15.3. The number of hydrogen-bond donors (Lipinski definition) is 1. The van der Waals surface area contributed by atoms with Gasteiger partial charge in [-0.1, -0.05) is 0 Å². The van der Waals surface area contributed by atoms with E-state index in [1.54, 1.807) is 14.2 Å². The van der Waals surface area contributed by atoms with Crippen LogP contribution in [0.2, 0.25) is 0 Å². The number of nitrogens with one attached hydrogen (secondary N) is 1. The molecule has 1 saturated heterocycles. The van der Waals surface area contributed by atoms with E-state index < -0.39 is 11.2 Å². The van der Waals surface area contributed by atoms with Crippen molar-refractivity contribution < 1.29 is 14.3 Å². The van der Waals surface area contributed by atoms with Gasteiger partial charge in [-0.05, 0) is 12.8 Å². The molecule has 0 bridgehead atoms. The molecule has 2 rings (SSSR count). The second-order valence-electron chi connectivity index (χ2n) is 4.12. The van der Waals surface area contributed by atoms with Crippen LogP contribution in [0.4, 0.5) is 0 Å². The van der Waals surface area contributed by atoms with Crippen LogP contribution in [0.5, 0.6) is 0 Å². The van der Waals surface area contributed by atoms with E-state index in [1.807, 2.05) is 0 Å². The van der Waals surface area contributed by atoms with Gasteiger partial charge in [-0.2, -0.15) is 0 Å². The van der Waals surface area contributed by atoms with Gasteiger partial charge < -0.3 is 14.3 Å². The Kier molecular flexibility index (Phi) is 6.17. The van der Waals surface area contributed by atoms with Gasteiger partial charge in [0.25, 0.3) is 5.56 Å². The highest BCUT2D eigenvalue weighted by Gasteiger charge is 2.26. The molecule has 0 aliphatic carbocycles. The zero-order valence-electron chi connectivity index (χ0n) is 11.0. The van der Waals surface area contributed by atoms with Crippen LogP contribution in [0, 0.1) is 0 Å². The molecule has 2 unspecified atom stereocenters. The summed E-state index contributed by atoms with van der Waals surface area (Å²) in [7, 11) is 3.25. The highest BCUT2D eigenvalue weighted by Crippen LogP contribution is 2.27. The normalized spacial score (nSPS) is 21.6. The number of ether oxygens (including phenoxy) is 2. The zero-order valence-corrected chi connectivity index (χ0v) is 11.0. The highest BCUT2D eigenvalue weighted by atomic mass is 16.5. The highest BCUT2D eigenvalue weighted by molar-refractivity contribution is 5.50. The van der Waals surface area contributed by atoms with Crippen molar-refractivity contribution in [3.63, 3.8) is 0 Å². The number of aldehydes is 1. The summed E-state index contributed by atoms with van der Waals surface area (Å²) in [5.74, 6) is 0. The molecule has 1 aromatic heterocycles. The number of H-pyrrole nitrogens is 1. The number of rotatable bonds is 3. The third-order valence-electron chi connectivity index (χ3n) is 2.61. The van der Waals surface area contributed by atoms with E-state index in [1.165, 1.54) is 16.8 Å². The lowest BCUT2D eigenvalue weighted by molar-refractivity contribution is -0.110. The molecule has 1 aromatic rings. The summed E-state index contributed by atoms with van der Waals surface area (Å²) in [5.41, 5.74) is -0.909. The Hall–Kier alpha value is -1.73. The third kappa shape index (κ3) is 4.46. The SMILES string of the molecule is COC.O=CCC1CCC(n2ccc(=O)[nH]c2=O)O1. The lowest BCUT2D eigenvalue weighted by Crippen LogP contribution is -2.31. The quantitative estimate of drug-likeness (QED) is 0.785. The summed E-state index contributed by atoms with van der Waals surface area (Å²) < 4.78 is 11.1. The molecule has 0 amide bonds. The second kappa shape index (κ2) is 7.65. The van der Waals surface area contributed by atoms with Gasteiger partial charge in [0.15, 0.2) is 0 Å². The molecular weight excluding hydrogens is 252 g/mol. The van der Waals surface area contributed by atoms with Gasteiger partial charge in [0.2, 0.25) is 0 Å². The molecule has 1 N–H and O–H groups in total. The third-order valence-corrected chi connectivity index (χ3v) is 2.61. The number of carbonyl (C=O) groups excluding carboxylic acids is 1. The van der Waals surface area contributed by atoms with Crippen molar-refractivity contribution in [1.82, 2.24) is 9.55 Å². The van der Waals surface area contributed by atoms with Crippen molar-refractivity contribution in [2.24, 2.45) is 0 Å². The van der Waals surface area contributed by atoms with Gasteiger partial charge in [-0.25, -0.2) is 4.79 Å². The summed E-state index contributed by atoms with van der Waals surface area (Å²) in [6, 6.07) is 1.28. The predicted molar refractivity (Wildman–Crippen MR) is 68.1 cm³/mol. The first-order valence-corrected chi connectivity index (χ1v) is 5.93. The van der Waals surface area contributed by atoms with Crippen molar-refractivity contribution in [1.29, 1.82) is 0 Å². The summed E-state index contributed by atoms with van der Waals surface area (Å²) >= 11 is 0. The fourth-order valence-electron chi connectivity index (χ4n) is 1.83. The molecule has 2 heterocycles. The lowest BCUT2D eigenvalue weighted by Gasteiger charge is -2.13. The van der Waals surface area contributed by atoms with Crippen molar-refractivity contribution in [2.75, 3.05) is 14.2 Å². The van der Waals surface area contributed by atoms with Crippen LogP contribution in [0.25, 0.3) is 0 Å². The standard InChI is InChI=1S/C10H12N2O4.C2H6O/c13-6-4-7-1-2-9(16-7)12-5-3-8(14)11-10(12)15;1-3-2/h3,5-7,9H,1-2,4H2,(H,11,14,15);1-2H3. The van der Waals surface area contributed by atoms with Crippen molar-refractivity contribution in [2.45, 2.75) is 31.6 Å². The average molecular weight is 270 g/mol. The molecule has 2 atom stereocenters. The summed E-state index contributed by atoms with van der Waals surface area (Å²) in [5, 5.41) is 0. The summed E-state index contributed by atoms with van der Waals surface area (Å²) in [6.45, 7) is 0. The van der Waals surface area contributed by atoms with Crippen LogP contribution in [-0.2, 0) is 14.3 Å². The van der Waals surface area contributed by atoms with Crippen molar-refractivity contribution in [3.8, 4) is 0 Å². The minimum absolute atomic E-state index is 0.124. The first-order valence-electron chi connectivity index (χ1n) is 5.93. The molecule has 0 saturated carbocycles. The fraction of sp³-hybridized carbons (Fsp3) is 0.583. The first-order chi connectivity index (χ1) is 9.12. The molecular formula is C12H18N2O5. The topological polar surface area (TPSA) is 90.4 Å². The molecule has 1 aliphatic rings. The predicted octanol–water partition coefficient (Wildman–Crippen LogP) is 0.0658. The zero-order chi connectivity index (χ0) is 14.3. The molecule has 1 fully saturated rings. The van der Waals surface area contributed by atoms with Crippen molar-refractivity contribution in [3.05, 3.63) is 33.1 Å². The van der Waals surface area contributed by atoms with Gasteiger partial charge in [0.1, 0.15) is 12.5 Å². The Morgan fingerprint density at radius 2 is 2.16 bits per heavy atom. The molecule has 7 nitrogen and oxygen atoms in total. The number of hydrogen-bond acceptors (Lipinski definition) is 5. The van der Waals surface area contributed by atoms with Crippen LogP contribution in [0.3, 0.4) is 0 Å². The molecule has 1 aliphatic heterocycles.